The van der Waals surface area contributed by atoms with Crippen LogP contribution in [0.15, 0.2) is 40.8 Å². The van der Waals surface area contributed by atoms with Crippen LogP contribution in [0.25, 0.3) is 10.4 Å². The van der Waals surface area contributed by atoms with Gasteiger partial charge in [0, 0.05) is 18.5 Å². The fourth-order valence-corrected chi connectivity index (χ4v) is 5.36. The second-order valence-corrected chi connectivity index (χ2v) is 9.94. The molecule has 4 rings (SSSR count). The topological polar surface area (TPSA) is 91.2 Å². The van der Waals surface area contributed by atoms with Gasteiger partial charge in [-0.3, -0.25) is 9.59 Å². The van der Waals surface area contributed by atoms with E-state index in [-0.39, 0.29) is 64.5 Å². The van der Waals surface area contributed by atoms with E-state index in [0.29, 0.717) is 62.3 Å². The first kappa shape index (κ1) is 27.8. The third-order valence-corrected chi connectivity index (χ3v) is 7.83. The Balaban J connectivity index is 0.00000216. The average molecular weight is 565 g/mol. The number of hydrogen-bond donors (Lipinski definition) is 2. The van der Waals surface area contributed by atoms with Gasteiger partial charge < -0.3 is 16.2 Å². The van der Waals surface area contributed by atoms with Crippen LogP contribution in [0.2, 0.25) is 10.0 Å². The minimum atomic E-state index is -0.431. The smallest absolute Gasteiger partial charge is 1.00 e. The van der Waals surface area contributed by atoms with E-state index >= 15 is 0 Å². The predicted octanol–water partition coefficient (Wildman–Crippen LogP) is 2.23. The van der Waals surface area contributed by atoms with E-state index in [9.17, 15) is 14.7 Å². The van der Waals surface area contributed by atoms with Gasteiger partial charge in [0.1, 0.15) is 5.75 Å². The number of ether oxygens (including phenoxy) is 1. The largest absolute Gasteiger partial charge is 1.00 e. The molecule has 1 aromatic carbocycles. The number of morpholine rings is 1. The number of carbonyl (C=O) groups excluding carboxylic acids is 2. The molecular weight excluding hydrogens is 544 g/mol. The van der Waals surface area contributed by atoms with Gasteiger partial charge in [0.25, 0.3) is 11.8 Å². The number of carbonyl (C=O) groups is 2. The number of aromatic hydroxyl groups is 1. The molecule has 0 spiro atoms. The van der Waals surface area contributed by atoms with Gasteiger partial charge in [0.05, 0.1) is 49.2 Å². The van der Waals surface area contributed by atoms with Crippen molar-refractivity contribution in [1.82, 2.24) is 10.3 Å². The molecule has 0 unspecified atom stereocenters. The summed E-state index contributed by atoms with van der Waals surface area (Å²) in [5.41, 5.74) is 4.15. The molecule has 2 amide bonds. The molecule has 0 saturated carbocycles. The number of halogens is 2. The summed E-state index contributed by atoms with van der Waals surface area (Å²) < 4.78 is 5.27. The van der Waals surface area contributed by atoms with Crippen molar-refractivity contribution in [3.63, 3.8) is 0 Å². The molecule has 1 saturated heterocycles. The van der Waals surface area contributed by atoms with E-state index in [2.05, 4.69) is 10.5 Å². The summed E-state index contributed by atoms with van der Waals surface area (Å²) in [6.07, 6.45) is 0. The van der Waals surface area contributed by atoms with E-state index in [0.717, 1.165) is 16.9 Å². The first-order valence-corrected chi connectivity index (χ1v) is 12.4. The van der Waals surface area contributed by atoms with E-state index in [1.54, 1.807) is 47.5 Å². The second-order valence-electron chi connectivity index (χ2n) is 7.16. The van der Waals surface area contributed by atoms with Gasteiger partial charge >= 0.3 is 51.4 Å². The van der Waals surface area contributed by atoms with Crippen LogP contribution in [-0.4, -0.2) is 53.8 Å². The van der Waals surface area contributed by atoms with E-state index in [4.69, 9.17) is 27.9 Å². The molecule has 12 heteroatoms. The fraction of sp³-hybridized carbons (Fsp3) is 0.227. The summed E-state index contributed by atoms with van der Waals surface area (Å²) in [5, 5.41) is 17.4. The number of hydrazone groups is 1. The third-order valence-electron chi connectivity index (χ3n) is 5.00. The van der Waals surface area contributed by atoms with Crippen molar-refractivity contribution in [2.45, 2.75) is 6.92 Å². The van der Waals surface area contributed by atoms with Crippen LogP contribution < -0.4 is 56.8 Å². The zero-order valence-electron chi connectivity index (χ0n) is 19.4. The number of nitrogens with one attached hydrogen (secondary N) is 1. The van der Waals surface area contributed by atoms with Gasteiger partial charge in [-0.1, -0.05) is 29.3 Å². The minimum absolute atomic E-state index is 0. The number of thiophene rings is 2. The molecule has 0 radical (unpaired) electrons. The number of hydrogen-bond acceptors (Lipinski definition) is 7. The Hall–Kier alpha value is -0.794. The predicted molar refractivity (Wildman–Crippen MR) is 133 cm³/mol. The molecule has 1 aliphatic rings. The molecule has 7 nitrogen and oxygen atoms in total. The summed E-state index contributed by atoms with van der Waals surface area (Å²) in [4.78, 5) is 28.3. The molecular formula is C22H20Cl2KN3O4S2. The summed E-state index contributed by atoms with van der Waals surface area (Å²) in [7, 11) is 0. The van der Waals surface area contributed by atoms with Gasteiger partial charge in [-0.05, 0) is 36.8 Å². The van der Waals surface area contributed by atoms with Crippen molar-refractivity contribution in [3.05, 3.63) is 61.1 Å². The molecule has 0 atom stereocenters. The molecule has 3 heterocycles. The first-order chi connectivity index (χ1) is 15.8. The Morgan fingerprint density at radius 1 is 1.15 bits per heavy atom. The number of nitrogens with zero attached hydrogens (tertiary/aromatic N) is 2. The second kappa shape index (κ2) is 12.4. The molecule has 2 aromatic heterocycles. The maximum atomic E-state index is 12.6. The molecule has 34 heavy (non-hydrogen) atoms. The summed E-state index contributed by atoms with van der Waals surface area (Å²) >= 11 is 14.5. The summed E-state index contributed by atoms with van der Waals surface area (Å²) in [6.45, 7) is 3.79. The van der Waals surface area contributed by atoms with Crippen molar-refractivity contribution < 1.29 is 72.2 Å². The van der Waals surface area contributed by atoms with Crippen LogP contribution in [0.4, 0.5) is 0 Å². The van der Waals surface area contributed by atoms with Crippen LogP contribution in [0.3, 0.4) is 0 Å². The fourth-order valence-electron chi connectivity index (χ4n) is 3.20. The van der Waals surface area contributed by atoms with Crippen LogP contribution in [-0.2, 0) is 4.74 Å². The maximum Gasteiger partial charge on any atom is 1.00 e. The summed E-state index contributed by atoms with van der Waals surface area (Å²) in [6, 6.07) is 8.36. The zero-order chi connectivity index (χ0) is 23.5. The van der Waals surface area contributed by atoms with Gasteiger partial charge in [-0.15, -0.1) is 22.7 Å². The Morgan fingerprint density at radius 3 is 2.56 bits per heavy atom. The molecule has 0 aliphatic carbocycles. The van der Waals surface area contributed by atoms with E-state index in [1.807, 2.05) is 0 Å². The van der Waals surface area contributed by atoms with Crippen molar-refractivity contribution in [3.8, 4) is 16.2 Å². The Morgan fingerprint density at radius 2 is 1.85 bits per heavy atom. The molecule has 3 aromatic rings. The van der Waals surface area contributed by atoms with Gasteiger partial charge in [-0.2, -0.15) is 5.10 Å². The number of rotatable bonds is 5. The Kier molecular flexibility index (Phi) is 10.2. The Labute approximate surface area is 258 Å². The monoisotopic (exact) mass is 563 g/mol. The number of amides is 2. The van der Waals surface area contributed by atoms with Crippen LogP contribution >= 0.6 is 45.9 Å². The minimum Gasteiger partial charge on any atom is -1.00 e. The van der Waals surface area contributed by atoms with Gasteiger partial charge in [0.15, 0.2) is 0 Å². The molecule has 0 bridgehead atoms. The van der Waals surface area contributed by atoms with Crippen molar-refractivity contribution in [2.24, 2.45) is 5.10 Å². The van der Waals surface area contributed by atoms with E-state index < -0.39 is 5.91 Å². The SMILES string of the molecule is CC(=NNC(=O)c1ccc(C(=O)N2CCOCC2)s1)c1csc(-c2ccc(Cl)c(Cl)c2)c1O.[H-].[K+]. The molecule has 1 fully saturated rings. The molecule has 1 aliphatic heterocycles. The molecule has 2 N–H and O–H groups in total. The molecule has 174 valence electrons. The standard InChI is InChI=1S/C22H19Cl2N3O4S2.K.H/c1-12(14-11-32-20(19(14)28)13-2-3-15(23)16(24)10-13)25-26-21(29)17-4-5-18(33-17)22(30)27-6-8-31-9-7-27;;/h2-5,10-11,28H,6-9H2,1H3,(H,26,29);;/q;+1;-1. The number of benzene rings is 1. The first-order valence-electron chi connectivity index (χ1n) is 9.93. The summed E-state index contributed by atoms with van der Waals surface area (Å²) in [5.74, 6) is -0.497. The zero-order valence-corrected chi connectivity index (χ0v) is 24.7. The average Bonchev–Trinajstić information content (AvgIpc) is 3.46. The maximum absolute atomic E-state index is 12.6. The normalized spacial score (nSPS) is 14.0. The third kappa shape index (κ3) is 6.30. The Bertz CT molecular complexity index is 1250. The van der Waals surface area contributed by atoms with Crippen LogP contribution in [0.5, 0.6) is 5.75 Å². The quantitative estimate of drug-likeness (QED) is 0.283. The van der Waals surface area contributed by atoms with Crippen molar-refractivity contribution in [2.75, 3.05) is 26.3 Å². The van der Waals surface area contributed by atoms with Crippen LogP contribution in [0.1, 0.15) is 33.3 Å². The van der Waals surface area contributed by atoms with E-state index in [1.165, 1.54) is 11.3 Å². The van der Waals surface area contributed by atoms with Gasteiger partial charge in [-0.25, -0.2) is 5.43 Å². The van der Waals surface area contributed by atoms with Crippen LogP contribution in [0, 0.1) is 0 Å². The van der Waals surface area contributed by atoms with Crippen molar-refractivity contribution in [1.29, 1.82) is 0 Å². The van der Waals surface area contributed by atoms with Crippen molar-refractivity contribution >= 4 is 63.4 Å². The van der Waals surface area contributed by atoms with Gasteiger partial charge in [0.2, 0.25) is 0 Å².